The molecule has 6 heteroatoms. The molecule has 0 spiro atoms. The lowest BCUT2D eigenvalue weighted by Gasteiger charge is -2.14. The normalized spacial score (nSPS) is 13.9. The minimum Gasteiger partial charge on any atom is -0.493 e. The number of thiazole rings is 1. The molecule has 3 aromatic rings. The first-order valence-corrected chi connectivity index (χ1v) is 15.2. The molecule has 5 nitrogen and oxygen atoms in total. The van der Waals surface area contributed by atoms with E-state index in [2.05, 4.69) is 65.1 Å². The van der Waals surface area contributed by atoms with Gasteiger partial charge in [-0.2, -0.15) is 0 Å². The van der Waals surface area contributed by atoms with Crippen LogP contribution in [-0.2, 0) is 16.6 Å². The third-order valence-electron chi connectivity index (χ3n) is 6.25. The van der Waals surface area contributed by atoms with Crippen LogP contribution in [0.15, 0.2) is 41.8 Å². The number of carboxylic acid groups (broad SMARTS) is 1. The predicted molar refractivity (Wildman–Crippen MR) is 164 cm³/mol. The van der Waals surface area contributed by atoms with Crippen LogP contribution in [0.1, 0.15) is 102 Å². The summed E-state index contributed by atoms with van der Waals surface area (Å²) in [5.41, 5.74) is 5.76. The first-order chi connectivity index (χ1) is 18.6. The SMILES string of the molecule is CC.CCC.Cc1cc(-c2nc(C(C)(C)C)cs2)ccc1OCCCOc1ccc2c(c1)CC[C@H]2CC(=O)O. The topological polar surface area (TPSA) is 68.7 Å². The van der Waals surface area contributed by atoms with Gasteiger partial charge >= 0.3 is 5.97 Å². The number of carboxylic acids is 1. The van der Waals surface area contributed by atoms with Gasteiger partial charge < -0.3 is 14.6 Å². The monoisotopic (exact) mass is 553 g/mol. The van der Waals surface area contributed by atoms with Crippen LogP contribution in [-0.4, -0.2) is 29.3 Å². The van der Waals surface area contributed by atoms with E-state index >= 15 is 0 Å². The van der Waals surface area contributed by atoms with Crippen LogP contribution in [0.3, 0.4) is 0 Å². The number of hydrogen-bond acceptors (Lipinski definition) is 5. The molecule has 4 rings (SSSR count). The Morgan fingerprint density at radius 2 is 1.77 bits per heavy atom. The molecule has 39 heavy (non-hydrogen) atoms. The summed E-state index contributed by atoms with van der Waals surface area (Å²) in [6, 6.07) is 12.3. The zero-order valence-corrected chi connectivity index (χ0v) is 25.9. The Balaban J connectivity index is 0.000000998. The molecule has 0 amide bonds. The van der Waals surface area contributed by atoms with Crippen LogP contribution in [0.5, 0.6) is 11.5 Å². The molecule has 2 aromatic carbocycles. The molecular weight excluding hydrogens is 506 g/mol. The summed E-state index contributed by atoms with van der Waals surface area (Å²) in [7, 11) is 0. The largest absolute Gasteiger partial charge is 0.493 e. The number of nitrogens with zero attached hydrogens (tertiary/aromatic N) is 1. The van der Waals surface area contributed by atoms with Crippen molar-refractivity contribution in [2.75, 3.05) is 13.2 Å². The van der Waals surface area contributed by atoms with Crippen LogP contribution in [0, 0.1) is 6.92 Å². The maximum absolute atomic E-state index is 11.0. The number of ether oxygens (including phenoxy) is 2. The molecule has 0 radical (unpaired) electrons. The minimum atomic E-state index is -0.735. The molecule has 1 aliphatic rings. The van der Waals surface area contributed by atoms with Crippen molar-refractivity contribution in [2.24, 2.45) is 0 Å². The number of rotatable bonds is 9. The molecule has 0 fully saturated rings. The van der Waals surface area contributed by atoms with Crippen molar-refractivity contribution in [1.29, 1.82) is 0 Å². The molecule has 214 valence electrons. The lowest BCUT2D eigenvalue weighted by molar-refractivity contribution is -0.137. The molecule has 1 aromatic heterocycles. The second kappa shape index (κ2) is 15.7. The van der Waals surface area contributed by atoms with Gasteiger partial charge in [0.15, 0.2) is 0 Å². The van der Waals surface area contributed by atoms with Crippen LogP contribution >= 0.6 is 11.3 Å². The summed E-state index contributed by atoms with van der Waals surface area (Å²) < 4.78 is 11.9. The second-order valence-electron chi connectivity index (χ2n) is 10.7. The quantitative estimate of drug-likeness (QED) is 0.268. The zero-order valence-electron chi connectivity index (χ0n) is 25.1. The van der Waals surface area contributed by atoms with E-state index in [-0.39, 0.29) is 17.8 Å². The average molecular weight is 554 g/mol. The van der Waals surface area contributed by atoms with Crippen molar-refractivity contribution in [2.45, 2.75) is 98.8 Å². The van der Waals surface area contributed by atoms with E-state index in [1.165, 1.54) is 12.0 Å². The highest BCUT2D eigenvalue weighted by Crippen LogP contribution is 2.37. The highest BCUT2D eigenvalue weighted by molar-refractivity contribution is 7.13. The molecule has 0 unspecified atom stereocenters. The number of aryl methyl sites for hydroxylation is 2. The average Bonchev–Trinajstić information content (AvgIpc) is 3.54. The van der Waals surface area contributed by atoms with E-state index in [1.807, 2.05) is 32.0 Å². The molecule has 1 heterocycles. The summed E-state index contributed by atoms with van der Waals surface area (Å²) in [6.07, 6.45) is 4.05. The maximum Gasteiger partial charge on any atom is 0.303 e. The van der Waals surface area contributed by atoms with Gasteiger partial charge in [-0.05, 0) is 72.7 Å². The van der Waals surface area contributed by atoms with E-state index in [1.54, 1.807) is 11.3 Å². The Hall–Kier alpha value is -2.86. The standard InChI is InChI=1S/C28H33NO4S.C3H8.C2H6/c1-18-14-21(27-29-25(17-34-27)28(2,3)4)8-11-24(18)33-13-5-12-32-22-9-10-23-19(15-22)6-7-20(23)16-26(30)31;1-3-2;1-2/h8-11,14-15,17,20H,5-7,12-13,16H2,1-4H3,(H,30,31);3H2,1-2H3;1-2H3/t20-;;/m0../s1. The highest BCUT2D eigenvalue weighted by Gasteiger charge is 2.25. The van der Waals surface area contributed by atoms with E-state index in [0.29, 0.717) is 13.2 Å². The molecular formula is C33H47NO4S. The van der Waals surface area contributed by atoms with E-state index in [4.69, 9.17) is 19.6 Å². The van der Waals surface area contributed by atoms with Gasteiger partial charge in [0.05, 0.1) is 25.3 Å². The predicted octanol–water partition coefficient (Wildman–Crippen LogP) is 9.21. The van der Waals surface area contributed by atoms with Crippen molar-refractivity contribution >= 4 is 17.3 Å². The van der Waals surface area contributed by atoms with Gasteiger partial charge in [0.1, 0.15) is 16.5 Å². The summed E-state index contributed by atoms with van der Waals surface area (Å²) in [6.45, 7) is 18.0. The fraction of sp³-hybridized carbons (Fsp3) is 0.515. The molecule has 0 bridgehead atoms. The summed E-state index contributed by atoms with van der Waals surface area (Å²) in [5.74, 6) is 1.12. The Labute approximate surface area is 239 Å². The molecule has 0 saturated heterocycles. The van der Waals surface area contributed by atoms with E-state index in [9.17, 15) is 4.79 Å². The van der Waals surface area contributed by atoms with Gasteiger partial charge in [-0.15, -0.1) is 11.3 Å². The van der Waals surface area contributed by atoms with Crippen molar-refractivity contribution in [3.05, 3.63) is 64.2 Å². The number of carbonyl (C=O) groups is 1. The van der Waals surface area contributed by atoms with Crippen LogP contribution < -0.4 is 9.47 Å². The summed E-state index contributed by atoms with van der Waals surface area (Å²) in [5, 5.41) is 12.3. The van der Waals surface area contributed by atoms with Gasteiger partial charge in [0, 0.05) is 22.8 Å². The molecule has 1 aliphatic carbocycles. The molecule has 1 atom stereocenters. The zero-order chi connectivity index (χ0) is 29.0. The Morgan fingerprint density at radius 1 is 1.08 bits per heavy atom. The maximum atomic E-state index is 11.0. The van der Waals surface area contributed by atoms with Gasteiger partial charge in [0.25, 0.3) is 0 Å². The Bertz CT molecular complexity index is 1180. The lowest BCUT2D eigenvalue weighted by Crippen LogP contribution is -2.11. The van der Waals surface area contributed by atoms with Crippen molar-refractivity contribution < 1.29 is 19.4 Å². The highest BCUT2D eigenvalue weighted by atomic mass is 32.1. The molecule has 1 N–H and O–H groups in total. The van der Waals surface area contributed by atoms with E-state index < -0.39 is 5.97 Å². The fourth-order valence-corrected chi connectivity index (χ4v) is 5.36. The lowest BCUT2D eigenvalue weighted by atomic mass is 9.93. The van der Waals surface area contributed by atoms with Crippen LogP contribution in [0.25, 0.3) is 10.6 Å². The second-order valence-corrected chi connectivity index (χ2v) is 11.6. The van der Waals surface area contributed by atoms with Crippen molar-refractivity contribution in [1.82, 2.24) is 4.98 Å². The van der Waals surface area contributed by atoms with Crippen LogP contribution in [0.2, 0.25) is 0 Å². The molecule has 0 saturated carbocycles. The smallest absolute Gasteiger partial charge is 0.303 e. The summed E-state index contributed by atoms with van der Waals surface area (Å²) in [4.78, 5) is 15.8. The third-order valence-corrected chi connectivity index (χ3v) is 7.14. The minimum absolute atomic E-state index is 0.0531. The third kappa shape index (κ3) is 9.68. The number of benzene rings is 2. The Morgan fingerprint density at radius 3 is 2.38 bits per heavy atom. The number of aromatic nitrogens is 1. The van der Waals surface area contributed by atoms with Crippen molar-refractivity contribution in [3.8, 4) is 22.1 Å². The van der Waals surface area contributed by atoms with Gasteiger partial charge in [-0.25, -0.2) is 4.98 Å². The number of fused-ring (bicyclic) bond motifs is 1. The van der Waals surface area contributed by atoms with Gasteiger partial charge in [-0.1, -0.05) is 61.0 Å². The van der Waals surface area contributed by atoms with Crippen LogP contribution in [0.4, 0.5) is 0 Å². The molecule has 0 aliphatic heterocycles. The first-order valence-electron chi connectivity index (χ1n) is 14.3. The van der Waals surface area contributed by atoms with Crippen molar-refractivity contribution in [3.63, 3.8) is 0 Å². The Kier molecular flexibility index (Phi) is 13.0. The number of hydrogen-bond donors (Lipinski definition) is 1. The van der Waals surface area contributed by atoms with Gasteiger partial charge in [0.2, 0.25) is 0 Å². The van der Waals surface area contributed by atoms with E-state index in [0.717, 1.165) is 58.2 Å². The summed E-state index contributed by atoms with van der Waals surface area (Å²) >= 11 is 1.68. The first kappa shape index (κ1) is 32.4. The number of aliphatic carboxylic acids is 1. The fourth-order valence-electron chi connectivity index (χ4n) is 4.32. The van der Waals surface area contributed by atoms with Gasteiger partial charge in [-0.3, -0.25) is 4.79 Å².